The van der Waals surface area contributed by atoms with Gasteiger partial charge in [0.2, 0.25) is 0 Å². The molecule has 0 aliphatic carbocycles. The number of carboxylic acids is 1. The lowest BCUT2D eigenvalue weighted by Gasteiger charge is -2.01. The smallest absolute Gasteiger partial charge is 0.305 e. The molecule has 0 bridgehead atoms. The Kier molecular flexibility index (Phi) is 4.93. The lowest BCUT2D eigenvalue weighted by Crippen LogP contribution is -2.25. The summed E-state index contributed by atoms with van der Waals surface area (Å²) in [5, 5.41) is 12.4. The van der Waals surface area contributed by atoms with Crippen LogP contribution in [-0.4, -0.2) is 28.5 Å². The minimum atomic E-state index is -0.951. The van der Waals surface area contributed by atoms with E-state index in [2.05, 4.69) is 10.3 Å². The van der Waals surface area contributed by atoms with Gasteiger partial charge in [-0.05, 0) is 13.0 Å². The van der Waals surface area contributed by atoms with Gasteiger partial charge in [-0.1, -0.05) is 29.8 Å². The summed E-state index contributed by atoms with van der Waals surface area (Å²) in [6.07, 6.45) is -0.110. The highest BCUT2D eigenvalue weighted by Gasteiger charge is 2.17. The first-order chi connectivity index (χ1) is 9.99. The molecule has 21 heavy (non-hydrogen) atoms. The molecule has 2 N–H and O–H groups in total. The van der Waals surface area contributed by atoms with E-state index < -0.39 is 5.97 Å². The number of nitrogens with zero attached hydrogens (tertiary/aromatic N) is 1. The Morgan fingerprint density at radius 3 is 2.76 bits per heavy atom. The third-order valence-electron chi connectivity index (χ3n) is 2.73. The van der Waals surface area contributed by atoms with Gasteiger partial charge in [0.15, 0.2) is 0 Å². The normalized spacial score (nSPS) is 10.4. The van der Waals surface area contributed by atoms with Crippen LogP contribution < -0.4 is 5.32 Å². The van der Waals surface area contributed by atoms with E-state index >= 15 is 0 Å². The van der Waals surface area contributed by atoms with Crippen molar-refractivity contribution in [1.82, 2.24) is 10.3 Å². The van der Waals surface area contributed by atoms with Crippen molar-refractivity contribution in [2.75, 3.05) is 6.54 Å². The highest BCUT2D eigenvalue weighted by atomic mass is 35.5. The zero-order valence-electron chi connectivity index (χ0n) is 11.2. The van der Waals surface area contributed by atoms with Gasteiger partial charge in [0.05, 0.1) is 17.1 Å². The van der Waals surface area contributed by atoms with Crippen LogP contribution in [0.1, 0.15) is 21.8 Å². The van der Waals surface area contributed by atoms with Crippen molar-refractivity contribution < 1.29 is 14.7 Å². The molecule has 2 aromatic rings. The molecule has 2 rings (SSSR count). The minimum Gasteiger partial charge on any atom is -0.481 e. The molecular weight excluding hydrogens is 312 g/mol. The summed E-state index contributed by atoms with van der Waals surface area (Å²) in [5.41, 5.74) is 1.37. The number of carbonyl (C=O) groups is 2. The molecule has 0 saturated carbocycles. The Morgan fingerprint density at radius 2 is 2.10 bits per heavy atom. The zero-order valence-corrected chi connectivity index (χ0v) is 12.8. The van der Waals surface area contributed by atoms with Gasteiger partial charge >= 0.3 is 5.97 Å². The van der Waals surface area contributed by atoms with E-state index in [1.54, 1.807) is 13.0 Å². The number of amides is 1. The largest absolute Gasteiger partial charge is 0.481 e. The van der Waals surface area contributed by atoms with E-state index in [4.69, 9.17) is 16.7 Å². The van der Waals surface area contributed by atoms with Gasteiger partial charge in [-0.25, -0.2) is 4.98 Å². The second kappa shape index (κ2) is 6.69. The zero-order chi connectivity index (χ0) is 15.4. The number of aromatic nitrogens is 1. The van der Waals surface area contributed by atoms with E-state index in [9.17, 15) is 9.59 Å². The fourth-order valence-electron chi connectivity index (χ4n) is 1.72. The van der Waals surface area contributed by atoms with E-state index in [1.807, 2.05) is 18.2 Å². The van der Waals surface area contributed by atoms with Crippen LogP contribution in [0.2, 0.25) is 5.02 Å². The second-order valence-electron chi connectivity index (χ2n) is 4.31. The number of rotatable bonds is 5. The number of nitrogens with one attached hydrogen (secondary N) is 1. The molecule has 7 heteroatoms. The van der Waals surface area contributed by atoms with Crippen molar-refractivity contribution in [3.05, 3.63) is 39.9 Å². The average Bonchev–Trinajstić information content (AvgIpc) is 2.80. The Hall–Kier alpha value is -1.92. The van der Waals surface area contributed by atoms with Crippen LogP contribution in [0.25, 0.3) is 10.6 Å². The highest BCUT2D eigenvalue weighted by molar-refractivity contribution is 7.17. The fourth-order valence-corrected chi connectivity index (χ4v) is 3.02. The minimum absolute atomic E-state index is 0.0902. The standard InChI is InChI=1S/C14H13ClN2O3S/c1-8-12(13(20)16-7-6-11(18)19)21-14(17-8)9-4-2-3-5-10(9)15/h2-5H,6-7H2,1H3,(H,16,20)(H,18,19). The van der Waals surface area contributed by atoms with Crippen LogP contribution in [0.5, 0.6) is 0 Å². The number of aliphatic carboxylic acids is 1. The topological polar surface area (TPSA) is 79.3 Å². The van der Waals surface area contributed by atoms with Crippen molar-refractivity contribution in [3.63, 3.8) is 0 Å². The van der Waals surface area contributed by atoms with Crippen LogP contribution >= 0.6 is 22.9 Å². The van der Waals surface area contributed by atoms with Gasteiger partial charge in [-0.2, -0.15) is 0 Å². The third-order valence-corrected chi connectivity index (χ3v) is 4.25. The molecule has 5 nitrogen and oxygen atoms in total. The number of hydrogen-bond donors (Lipinski definition) is 2. The second-order valence-corrected chi connectivity index (χ2v) is 5.72. The maximum absolute atomic E-state index is 12.0. The predicted octanol–water partition coefficient (Wildman–Crippen LogP) is 2.98. The summed E-state index contributed by atoms with van der Waals surface area (Å²) in [5.74, 6) is -1.27. The monoisotopic (exact) mass is 324 g/mol. The molecule has 0 spiro atoms. The van der Waals surface area contributed by atoms with E-state index in [0.717, 1.165) is 5.56 Å². The van der Waals surface area contributed by atoms with Gasteiger partial charge in [-0.15, -0.1) is 11.3 Å². The molecule has 0 aliphatic rings. The molecule has 0 unspecified atom stereocenters. The highest BCUT2D eigenvalue weighted by Crippen LogP contribution is 2.32. The van der Waals surface area contributed by atoms with Gasteiger partial charge in [-0.3, -0.25) is 9.59 Å². The van der Waals surface area contributed by atoms with Gasteiger partial charge in [0.25, 0.3) is 5.91 Å². The van der Waals surface area contributed by atoms with Crippen LogP contribution in [0.3, 0.4) is 0 Å². The van der Waals surface area contributed by atoms with E-state index in [1.165, 1.54) is 11.3 Å². The number of aryl methyl sites for hydroxylation is 1. The van der Waals surface area contributed by atoms with Gasteiger partial charge < -0.3 is 10.4 Å². The van der Waals surface area contributed by atoms with Crippen LogP contribution in [0.15, 0.2) is 24.3 Å². The summed E-state index contributed by atoms with van der Waals surface area (Å²) in [6.45, 7) is 1.83. The molecule has 0 saturated heterocycles. The molecular formula is C14H13ClN2O3S. The van der Waals surface area contributed by atoms with Crippen LogP contribution in [0.4, 0.5) is 0 Å². The average molecular weight is 325 g/mol. The molecule has 110 valence electrons. The maximum Gasteiger partial charge on any atom is 0.305 e. The number of thiazole rings is 1. The van der Waals surface area contributed by atoms with Crippen molar-refractivity contribution >= 4 is 34.8 Å². The summed E-state index contributed by atoms with van der Waals surface area (Å²) in [7, 11) is 0. The molecule has 1 aromatic carbocycles. The van der Waals surface area contributed by atoms with E-state index in [0.29, 0.717) is 20.6 Å². The first kappa shape index (κ1) is 15.5. The molecule has 0 radical (unpaired) electrons. The van der Waals surface area contributed by atoms with Crippen molar-refractivity contribution in [1.29, 1.82) is 0 Å². The molecule has 0 atom stereocenters. The summed E-state index contributed by atoms with van der Waals surface area (Å²) < 4.78 is 0. The number of carboxylic acid groups (broad SMARTS) is 1. The molecule has 1 amide bonds. The Bertz CT molecular complexity index is 685. The number of carbonyl (C=O) groups excluding carboxylic acids is 1. The first-order valence-corrected chi connectivity index (χ1v) is 7.41. The number of benzene rings is 1. The predicted molar refractivity (Wildman–Crippen MR) is 81.9 cm³/mol. The molecule has 0 aliphatic heterocycles. The number of hydrogen-bond acceptors (Lipinski definition) is 4. The van der Waals surface area contributed by atoms with Crippen LogP contribution in [-0.2, 0) is 4.79 Å². The first-order valence-electron chi connectivity index (χ1n) is 6.21. The summed E-state index contributed by atoms with van der Waals surface area (Å²) in [4.78, 5) is 27.3. The quantitative estimate of drug-likeness (QED) is 0.886. The van der Waals surface area contributed by atoms with Gasteiger partial charge in [0, 0.05) is 12.1 Å². The molecule has 1 aromatic heterocycles. The van der Waals surface area contributed by atoms with Crippen molar-refractivity contribution in [2.45, 2.75) is 13.3 Å². The van der Waals surface area contributed by atoms with Crippen LogP contribution in [0, 0.1) is 6.92 Å². The molecule has 0 fully saturated rings. The molecule has 1 heterocycles. The van der Waals surface area contributed by atoms with Crippen molar-refractivity contribution in [2.24, 2.45) is 0 Å². The SMILES string of the molecule is Cc1nc(-c2ccccc2Cl)sc1C(=O)NCCC(=O)O. The van der Waals surface area contributed by atoms with Gasteiger partial charge in [0.1, 0.15) is 9.88 Å². The number of halogens is 1. The Morgan fingerprint density at radius 1 is 1.38 bits per heavy atom. The summed E-state index contributed by atoms with van der Waals surface area (Å²) in [6, 6.07) is 7.28. The third kappa shape index (κ3) is 3.80. The van der Waals surface area contributed by atoms with Crippen molar-refractivity contribution in [3.8, 4) is 10.6 Å². The Labute approximate surface area is 130 Å². The van der Waals surface area contributed by atoms with E-state index in [-0.39, 0.29) is 18.9 Å². The lowest BCUT2D eigenvalue weighted by molar-refractivity contribution is -0.136. The maximum atomic E-state index is 12.0. The Balaban J connectivity index is 2.18. The lowest BCUT2D eigenvalue weighted by atomic mass is 10.2. The fraction of sp³-hybridized carbons (Fsp3) is 0.214. The summed E-state index contributed by atoms with van der Waals surface area (Å²) >= 11 is 7.36.